The third-order valence-electron chi connectivity index (χ3n) is 5.73. The molecule has 0 unspecified atom stereocenters. The molecule has 5 N–H and O–H groups in total. The van der Waals surface area contributed by atoms with Gasteiger partial charge in [-0.3, -0.25) is 20.2 Å². The lowest BCUT2D eigenvalue weighted by Gasteiger charge is -2.23. The molecular formula is C24H23FN8O2. The fourth-order valence-electron chi connectivity index (χ4n) is 4.19. The highest BCUT2D eigenvalue weighted by Crippen LogP contribution is 2.40. The topological polar surface area (TPSA) is 140 Å². The number of hydrazine groups is 1. The van der Waals surface area contributed by atoms with Crippen LogP contribution in [0.5, 0.6) is 0 Å². The Labute approximate surface area is 199 Å². The third-order valence-corrected chi connectivity index (χ3v) is 5.73. The summed E-state index contributed by atoms with van der Waals surface area (Å²) in [5, 5.41) is 32.1. The van der Waals surface area contributed by atoms with Gasteiger partial charge in [-0.2, -0.15) is 10.2 Å². The Hall–Kier alpha value is -4.19. The fourth-order valence-corrected chi connectivity index (χ4v) is 4.19. The van der Waals surface area contributed by atoms with Crippen LogP contribution in [0.2, 0.25) is 0 Å². The van der Waals surface area contributed by atoms with Gasteiger partial charge < -0.3 is 10.8 Å². The van der Waals surface area contributed by atoms with E-state index in [-0.39, 0.29) is 31.3 Å². The number of aliphatic hydroxyl groups is 1. The Kier molecular flexibility index (Phi) is 5.73. The van der Waals surface area contributed by atoms with Crippen molar-refractivity contribution in [1.82, 2.24) is 24.5 Å². The summed E-state index contributed by atoms with van der Waals surface area (Å²) in [6.07, 6.45) is 0. The van der Waals surface area contributed by atoms with Crippen molar-refractivity contribution < 1.29 is 14.7 Å². The van der Waals surface area contributed by atoms with Gasteiger partial charge in [0.1, 0.15) is 6.67 Å². The van der Waals surface area contributed by atoms with Crippen LogP contribution in [0.1, 0.15) is 17.1 Å². The number of aromatic nitrogens is 4. The Bertz CT molecular complexity index is 1470. The van der Waals surface area contributed by atoms with E-state index in [1.54, 1.807) is 10.6 Å². The zero-order valence-corrected chi connectivity index (χ0v) is 18.9. The minimum absolute atomic E-state index is 0.0520. The molecule has 4 heterocycles. The number of nitrogens with two attached hydrogens (primary N) is 1. The second kappa shape index (κ2) is 8.87. The van der Waals surface area contributed by atoms with Gasteiger partial charge in [0.15, 0.2) is 17.5 Å². The Morgan fingerprint density at radius 3 is 2.51 bits per heavy atom. The van der Waals surface area contributed by atoms with Crippen LogP contribution in [-0.2, 0) is 19.8 Å². The maximum atomic E-state index is 13.6. The van der Waals surface area contributed by atoms with Crippen molar-refractivity contribution in [3.05, 3.63) is 83.1 Å². The summed E-state index contributed by atoms with van der Waals surface area (Å²) in [5.41, 5.74) is 9.68. The van der Waals surface area contributed by atoms with Gasteiger partial charge in [0, 0.05) is 11.3 Å². The molecule has 35 heavy (non-hydrogen) atoms. The second-order valence-electron chi connectivity index (χ2n) is 8.19. The van der Waals surface area contributed by atoms with Gasteiger partial charge in [-0.05, 0) is 36.8 Å². The van der Waals surface area contributed by atoms with Gasteiger partial charge >= 0.3 is 0 Å². The van der Waals surface area contributed by atoms with Crippen LogP contribution in [0, 0.1) is 18.2 Å². The maximum Gasteiger partial charge on any atom is 0.225 e. The molecular weight excluding hydrogens is 451 g/mol. The molecule has 11 heteroatoms. The average molecular weight is 475 g/mol. The van der Waals surface area contributed by atoms with E-state index in [1.165, 1.54) is 17.1 Å². The molecule has 1 aliphatic heterocycles. The monoisotopic (exact) mass is 474 g/mol. The van der Waals surface area contributed by atoms with E-state index < -0.39 is 5.82 Å². The fraction of sp³-hybridized carbons (Fsp3) is 0.167. The van der Waals surface area contributed by atoms with Gasteiger partial charge in [0.2, 0.25) is 5.62 Å². The van der Waals surface area contributed by atoms with Crippen LogP contribution in [0.4, 0.5) is 16.0 Å². The average Bonchev–Trinajstić information content (AvgIpc) is 3.18. The van der Waals surface area contributed by atoms with Crippen LogP contribution < -0.4 is 16.5 Å². The molecule has 3 aromatic heterocycles. The number of aliphatic hydroxyl groups excluding tert-OH is 1. The highest BCUT2D eigenvalue weighted by molar-refractivity contribution is 5.88. The van der Waals surface area contributed by atoms with Crippen LogP contribution >= 0.6 is 0 Å². The third kappa shape index (κ3) is 4.12. The summed E-state index contributed by atoms with van der Waals surface area (Å²) in [6.45, 7) is 1.79. The maximum absolute atomic E-state index is 13.6. The van der Waals surface area contributed by atoms with Crippen LogP contribution in [0.25, 0.3) is 22.4 Å². The molecule has 178 valence electrons. The van der Waals surface area contributed by atoms with E-state index in [4.69, 9.17) is 11.1 Å². The molecule has 0 amide bonds. The molecule has 1 aromatic carbocycles. The first-order valence-corrected chi connectivity index (χ1v) is 10.8. The number of rotatable bonds is 5. The number of aryl methyl sites for hydroxylation is 1. The Morgan fingerprint density at radius 1 is 1.03 bits per heavy atom. The van der Waals surface area contributed by atoms with Crippen LogP contribution in [-0.4, -0.2) is 34.8 Å². The summed E-state index contributed by atoms with van der Waals surface area (Å²) in [4.78, 5) is 13.0. The van der Waals surface area contributed by atoms with Crippen molar-refractivity contribution in [3.63, 3.8) is 0 Å². The highest BCUT2D eigenvalue weighted by atomic mass is 19.1. The molecule has 5 rings (SSSR count). The Morgan fingerprint density at radius 2 is 1.80 bits per heavy atom. The quantitative estimate of drug-likeness (QED) is 0.346. The molecule has 0 saturated heterocycles. The zero-order chi connectivity index (χ0) is 24.7. The first kappa shape index (κ1) is 22.6. The van der Waals surface area contributed by atoms with E-state index in [0.29, 0.717) is 39.7 Å². The molecule has 0 radical (unpaired) electrons. The molecule has 0 bridgehead atoms. The number of nitrogen functional groups attached to an aromatic ring is 1. The minimum Gasteiger partial charge on any atom is -0.390 e. The lowest BCUT2D eigenvalue weighted by atomic mass is 9.99. The predicted octanol–water partition coefficient (Wildman–Crippen LogP) is 2.59. The standard InChI is InChI=1S/C24H23FN8O2/c1-14-9-16(10-18(12-34)28-14)20-21(15-5-3-2-4-6-15)30-24(27)32-13-31(33(35)23(20)32)11-17-7-8-19(25)22(26)29-17/h2-10,27,34-35H,11-13H2,1H3,(H2,26,29). The molecule has 10 nitrogen and oxygen atoms in total. The lowest BCUT2D eigenvalue weighted by molar-refractivity contribution is 0.0614. The number of hydrogen-bond donors (Lipinski definition) is 4. The number of fused-ring (bicyclic) bond motifs is 1. The number of anilines is 2. The zero-order valence-electron chi connectivity index (χ0n) is 18.9. The van der Waals surface area contributed by atoms with Crippen molar-refractivity contribution >= 4 is 11.6 Å². The summed E-state index contributed by atoms with van der Waals surface area (Å²) < 4.78 is 15.1. The van der Waals surface area contributed by atoms with Gasteiger partial charge in [-0.15, -0.1) is 0 Å². The number of pyridine rings is 2. The number of hydrogen-bond acceptors (Lipinski definition) is 9. The minimum atomic E-state index is -0.617. The molecule has 1 aliphatic rings. The number of halogens is 1. The molecule has 4 aromatic rings. The SMILES string of the molecule is Cc1cc(-c2c(-c3ccccc3)nc(=N)n3c2N(O)N(Cc2ccc(F)c(N)n2)C3)cc(CO)n1. The van der Waals surface area contributed by atoms with Crippen molar-refractivity contribution in [2.24, 2.45) is 0 Å². The molecule has 0 aliphatic carbocycles. The summed E-state index contributed by atoms with van der Waals surface area (Å²) >= 11 is 0. The van der Waals surface area contributed by atoms with Gasteiger partial charge in [-0.25, -0.2) is 14.4 Å². The summed E-state index contributed by atoms with van der Waals surface area (Å²) in [5.74, 6) is -0.516. The number of nitrogens with one attached hydrogen (secondary N) is 1. The van der Waals surface area contributed by atoms with Crippen molar-refractivity contribution in [2.75, 3.05) is 10.9 Å². The smallest absolute Gasteiger partial charge is 0.225 e. The van der Waals surface area contributed by atoms with Crippen molar-refractivity contribution in [1.29, 1.82) is 5.41 Å². The normalized spacial score (nSPS) is 13.3. The van der Waals surface area contributed by atoms with E-state index in [1.807, 2.05) is 43.3 Å². The van der Waals surface area contributed by atoms with Gasteiger partial charge in [-0.1, -0.05) is 30.3 Å². The highest BCUT2D eigenvalue weighted by Gasteiger charge is 2.33. The molecule has 0 fully saturated rings. The summed E-state index contributed by atoms with van der Waals surface area (Å²) in [7, 11) is 0. The lowest BCUT2D eigenvalue weighted by Crippen LogP contribution is -2.35. The van der Waals surface area contributed by atoms with Gasteiger partial charge in [0.25, 0.3) is 0 Å². The second-order valence-corrected chi connectivity index (χ2v) is 8.19. The summed E-state index contributed by atoms with van der Waals surface area (Å²) in [6, 6.07) is 15.7. The van der Waals surface area contributed by atoms with Crippen molar-refractivity contribution in [2.45, 2.75) is 26.7 Å². The molecule has 0 saturated carbocycles. The van der Waals surface area contributed by atoms with Crippen molar-refractivity contribution in [3.8, 4) is 22.4 Å². The molecule has 0 spiro atoms. The number of nitrogens with zero attached hydrogens (tertiary/aromatic N) is 6. The Balaban J connectivity index is 1.69. The molecule has 0 atom stereocenters. The van der Waals surface area contributed by atoms with E-state index in [0.717, 1.165) is 10.7 Å². The predicted molar refractivity (Wildman–Crippen MR) is 126 cm³/mol. The first-order chi connectivity index (χ1) is 16.9. The largest absolute Gasteiger partial charge is 0.390 e. The van der Waals surface area contributed by atoms with E-state index in [9.17, 15) is 14.7 Å². The van der Waals surface area contributed by atoms with Gasteiger partial charge in [0.05, 0.1) is 35.8 Å². The number of benzene rings is 1. The van der Waals surface area contributed by atoms with E-state index in [2.05, 4.69) is 15.0 Å². The van der Waals surface area contributed by atoms with E-state index >= 15 is 0 Å². The van der Waals surface area contributed by atoms with Crippen LogP contribution in [0.15, 0.2) is 54.6 Å². The van der Waals surface area contributed by atoms with Crippen LogP contribution in [0.3, 0.4) is 0 Å². The first-order valence-electron chi connectivity index (χ1n) is 10.8.